The minimum Gasteiger partial charge on any atom is -0.497 e. The quantitative estimate of drug-likeness (QED) is 0.244. The van der Waals surface area contributed by atoms with Gasteiger partial charge in [0.15, 0.2) is 11.5 Å². The number of benzene rings is 3. The Bertz CT molecular complexity index is 1600. The van der Waals surface area contributed by atoms with Crippen molar-refractivity contribution in [1.82, 2.24) is 10.2 Å². The number of sulfonamides is 1. The van der Waals surface area contributed by atoms with Gasteiger partial charge in [-0.1, -0.05) is 30.7 Å². The molecule has 0 aliphatic carbocycles. The van der Waals surface area contributed by atoms with Gasteiger partial charge < -0.3 is 29.2 Å². The summed E-state index contributed by atoms with van der Waals surface area (Å²) in [4.78, 5) is 28.9. The summed E-state index contributed by atoms with van der Waals surface area (Å²) in [5, 5.41) is 3.10. The number of amides is 2. The van der Waals surface area contributed by atoms with Crippen LogP contribution in [-0.4, -0.2) is 72.2 Å². The van der Waals surface area contributed by atoms with Crippen LogP contribution in [0.4, 0.5) is 5.69 Å². The number of carbonyl (C=O) groups is 2. The fourth-order valence-corrected chi connectivity index (χ4v) is 6.34. The van der Waals surface area contributed by atoms with Crippen LogP contribution >= 0.6 is 11.6 Å². The van der Waals surface area contributed by atoms with Crippen LogP contribution < -0.4 is 28.6 Å². The lowest BCUT2D eigenvalue weighted by atomic mass is 10.1. The molecule has 0 fully saturated rings. The molecule has 3 aromatic carbocycles. The Morgan fingerprint density at radius 3 is 2.13 bits per heavy atom. The smallest absolute Gasteiger partial charge is 0.265 e. The second kappa shape index (κ2) is 15.7. The van der Waals surface area contributed by atoms with E-state index in [2.05, 4.69) is 5.32 Å². The van der Waals surface area contributed by atoms with E-state index in [9.17, 15) is 18.0 Å². The summed E-state index contributed by atoms with van der Waals surface area (Å²) in [6.45, 7) is 4.76. The first-order valence-corrected chi connectivity index (χ1v) is 16.0. The SMILES string of the molecule is CCC(C(=O)NC(C)C)N(Cc1cccc(OC)c1)C(=O)CN(c1cc(Cl)ccc1OC)S(=O)(=O)c1ccc(OC)c(OC)c1. The topological polar surface area (TPSA) is 124 Å². The zero-order valence-electron chi connectivity index (χ0n) is 26.5. The minimum absolute atomic E-state index is 0.0109. The normalized spacial score (nSPS) is 11.8. The predicted molar refractivity (Wildman–Crippen MR) is 173 cm³/mol. The van der Waals surface area contributed by atoms with Crippen molar-refractivity contribution in [3.63, 3.8) is 0 Å². The van der Waals surface area contributed by atoms with Crippen LogP contribution in [0.3, 0.4) is 0 Å². The number of hydrogen-bond acceptors (Lipinski definition) is 8. The number of carbonyl (C=O) groups excluding carboxylic acids is 2. The van der Waals surface area contributed by atoms with E-state index in [1.54, 1.807) is 37.3 Å². The van der Waals surface area contributed by atoms with E-state index in [-0.39, 0.29) is 52.0 Å². The average Bonchev–Trinajstić information content (AvgIpc) is 3.02. The van der Waals surface area contributed by atoms with Gasteiger partial charge in [-0.15, -0.1) is 0 Å². The highest BCUT2D eigenvalue weighted by molar-refractivity contribution is 7.92. The first-order valence-electron chi connectivity index (χ1n) is 14.2. The van der Waals surface area contributed by atoms with Crippen LogP contribution in [0.15, 0.2) is 65.6 Å². The van der Waals surface area contributed by atoms with Crippen molar-refractivity contribution >= 4 is 39.1 Å². The van der Waals surface area contributed by atoms with Gasteiger partial charge in [0.2, 0.25) is 11.8 Å². The van der Waals surface area contributed by atoms with Crippen molar-refractivity contribution in [2.75, 3.05) is 39.3 Å². The molecule has 0 aliphatic rings. The molecule has 0 spiro atoms. The van der Waals surface area contributed by atoms with E-state index >= 15 is 0 Å². The summed E-state index contributed by atoms with van der Waals surface area (Å²) < 4.78 is 51.1. The molecule has 3 rings (SSSR count). The zero-order valence-corrected chi connectivity index (χ0v) is 28.1. The Labute approximate surface area is 270 Å². The summed E-state index contributed by atoms with van der Waals surface area (Å²) in [7, 11) is 1.28. The number of halogens is 1. The molecule has 3 aromatic rings. The lowest BCUT2D eigenvalue weighted by Gasteiger charge is -2.34. The molecular formula is C32H40ClN3O8S. The van der Waals surface area contributed by atoms with E-state index < -0.39 is 28.5 Å². The zero-order chi connectivity index (χ0) is 33.3. The highest BCUT2D eigenvalue weighted by Gasteiger charge is 2.35. The molecule has 0 saturated heterocycles. The van der Waals surface area contributed by atoms with Gasteiger partial charge in [-0.3, -0.25) is 13.9 Å². The van der Waals surface area contributed by atoms with Gasteiger partial charge in [0.05, 0.1) is 39.0 Å². The monoisotopic (exact) mass is 661 g/mol. The summed E-state index contributed by atoms with van der Waals surface area (Å²) in [6.07, 6.45) is 0.275. The lowest BCUT2D eigenvalue weighted by Crippen LogP contribution is -2.53. The third-order valence-electron chi connectivity index (χ3n) is 6.94. The number of anilines is 1. The van der Waals surface area contributed by atoms with Crippen LogP contribution in [0.2, 0.25) is 5.02 Å². The molecule has 11 nitrogen and oxygen atoms in total. The van der Waals surface area contributed by atoms with Crippen molar-refractivity contribution in [3.8, 4) is 23.0 Å². The number of methoxy groups -OCH3 is 4. The first kappa shape index (κ1) is 35.3. The van der Waals surface area contributed by atoms with E-state index in [1.165, 1.54) is 63.7 Å². The number of ether oxygens (including phenoxy) is 4. The Morgan fingerprint density at radius 1 is 0.867 bits per heavy atom. The standard InChI is InChI=1S/C32H40ClN3O8S/c1-8-26(32(38)34-21(2)3)35(19-22-10-9-11-24(16-22)41-4)31(37)20-36(27-17-23(33)12-14-28(27)42-5)45(39,40)25-13-15-29(43-6)30(18-25)44-7/h9-18,21,26H,8,19-20H2,1-7H3,(H,34,38). The maximum Gasteiger partial charge on any atom is 0.265 e. The Balaban J connectivity index is 2.19. The maximum absolute atomic E-state index is 14.4. The highest BCUT2D eigenvalue weighted by atomic mass is 35.5. The van der Waals surface area contributed by atoms with E-state index in [1.807, 2.05) is 13.8 Å². The van der Waals surface area contributed by atoms with Gasteiger partial charge in [0, 0.05) is 23.7 Å². The second-order valence-corrected chi connectivity index (χ2v) is 12.6. The first-order chi connectivity index (χ1) is 21.4. The van der Waals surface area contributed by atoms with Crippen molar-refractivity contribution in [1.29, 1.82) is 0 Å². The van der Waals surface area contributed by atoms with Crippen molar-refractivity contribution < 1.29 is 37.0 Å². The van der Waals surface area contributed by atoms with Gasteiger partial charge in [0.1, 0.15) is 24.1 Å². The lowest BCUT2D eigenvalue weighted by molar-refractivity contribution is -0.140. The molecule has 1 atom stereocenters. The van der Waals surface area contributed by atoms with E-state index in [4.69, 9.17) is 30.5 Å². The van der Waals surface area contributed by atoms with Gasteiger partial charge in [-0.05, 0) is 68.3 Å². The number of nitrogens with one attached hydrogen (secondary N) is 1. The molecule has 2 amide bonds. The van der Waals surface area contributed by atoms with Gasteiger partial charge in [0.25, 0.3) is 10.0 Å². The minimum atomic E-state index is -4.45. The number of hydrogen-bond donors (Lipinski definition) is 1. The van der Waals surface area contributed by atoms with E-state index in [0.717, 1.165) is 4.31 Å². The average molecular weight is 662 g/mol. The van der Waals surface area contributed by atoms with Gasteiger partial charge >= 0.3 is 0 Å². The molecule has 0 saturated carbocycles. The van der Waals surface area contributed by atoms with Crippen molar-refractivity contribution in [2.45, 2.75) is 50.7 Å². The molecule has 45 heavy (non-hydrogen) atoms. The summed E-state index contributed by atoms with van der Waals surface area (Å²) in [6, 6.07) is 14.6. The summed E-state index contributed by atoms with van der Waals surface area (Å²) in [5.41, 5.74) is 0.724. The third kappa shape index (κ3) is 8.52. The van der Waals surface area contributed by atoms with Crippen molar-refractivity contribution in [2.24, 2.45) is 0 Å². The highest BCUT2D eigenvalue weighted by Crippen LogP contribution is 2.37. The van der Waals surface area contributed by atoms with Crippen LogP contribution in [0, 0.1) is 0 Å². The molecule has 244 valence electrons. The Morgan fingerprint density at radius 2 is 1.53 bits per heavy atom. The van der Waals surface area contributed by atoms with Gasteiger partial charge in [-0.25, -0.2) is 8.42 Å². The second-order valence-electron chi connectivity index (χ2n) is 10.3. The number of rotatable bonds is 15. The fourth-order valence-electron chi connectivity index (χ4n) is 4.74. The molecule has 0 radical (unpaired) electrons. The molecule has 0 aliphatic heterocycles. The fraction of sp³-hybridized carbons (Fsp3) is 0.375. The summed E-state index contributed by atoms with van der Waals surface area (Å²) in [5.74, 6) is 0.249. The predicted octanol–water partition coefficient (Wildman–Crippen LogP) is 4.90. The largest absolute Gasteiger partial charge is 0.497 e. The van der Waals surface area contributed by atoms with Crippen LogP contribution in [-0.2, 0) is 26.2 Å². The third-order valence-corrected chi connectivity index (χ3v) is 8.93. The number of nitrogens with zero attached hydrogens (tertiary/aromatic N) is 2. The molecule has 13 heteroatoms. The molecule has 1 N–H and O–H groups in total. The van der Waals surface area contributed by atoms with Crippen LogP contribution in [0.1, 0.15) is 32.8 Å². The molecule has 0 aromatic heterocycles. The molecule has 0 bridgehead atoms. The molecule has 0 heterocycles. The summed E-state index contributed by atoms with van der Waals surface area (Å²) >= 11 is 6.33. The van der Waals surface area contributed by atoms with Gasteiger partial charge in [-0.2, -0.15) is 0 Å². The molecular weight excluding hydrogens is 622 g/mol. The maximum atomic E-state index is 14.4. The Kier molecular flexibility index (Phi) is 12.3. The van der Waals surface area contributed by atoms with Crippen LogP contribution in [0.5, 0.6) is 23.0 Å². The Hall–Kier alpha value is -4.16. The molecule has 1 unspecified atom stereocenters. The van der Waals surface area contributed by atoms with Crippen molar-refractivity contribution in [3.05, 3.63) is 71.2 Å². The van der Waals surface area contributed by atoms with Crippen LogP contribution in [0.25, 0.3) is 0 Å². The van der Waals surface area contributed by atoms with E-state index in [0.29, 0.717) is 17.1 Å².